The van der Waals surface area contributed by atoms with Crippen LogP contribution in [0.25, 0.3) is 5.57 Å². The van der Waals surface area contributed by atoms with Gasteiger partial charge in [-0.15, -0.1) is 0 Å². The molecule has 0 saturated heterocycles. The maximum absolute atomic E-state index is 9.59. The van der Waals surface area contributed by atoms with Gasteiger partial charge in [0.05, 0.1) is 15.3 Å². The molecule has 7 heteroatoms. The van der Waals surface area contributed by atoms with E-state index < -0.39 is 0 Å². The second kappa shape index (κ2) is 8.49. The van der Waals surface area contributed by atoms with Gasteiger partial charge in [0.25, 0.3) is 0 Å². The molecule has 0 fully saturated rings. The number of rotatable bonds is 5. The van der Waals surface area contributed by atoms with E-state index in [4.69, 9.17) is 47.6 Å². The molecule has 1 nitrogen and oxygen atoms in total. The van der Waals surface area contributed by atoms with Crippen molar-refractivity contribution in [1.82, 2.24) is 0 Å². The van der Waals surface area contributed by atoms with Crippen molar-refractivity contribution in [1.29, 1.82) is 5.26 Å². The van der Waals surface area contributed by atoms with Crippen LogP contribution in [0.5, 0.6) is 0 Å². The molecule has 22 heavy (non-hydrogen) atoms. The normalized spacial score (nSPS) is 9.59. The fourth-order valence-electron chi connectivity index (χ4n) is 1.56. The summed E-state index contributed by atoms with van der Waals surface area (Å²) in [5, 5.41) is 10.4. The molecule has 0 aromatic heterocycles. The van der Waals surface area contributed by atoms with Crippen molar-refractivity contribution in [3.63, 3.8) is 0 Å². The third kappa shape index (κ3) is 4.82. The van der Waals surface area contributed by atoms with Gasteiger partial charge in [-0.05, 0) is 55.6 Å². The number of thiocarbonyl (C=S) groups is 2. The molecule has 1 aromatic carbocycles. The lowest BCUT2D eigenvalue weighted by molar-refractivity contribution is 1.52. The Hall–Kier alpha value is -0.350. The Kier molecular flexibility index (Phi) is 7.60. The van der Waals surface area contributed by atoms with E-state index in [-0.39, 0.29) is 5.57 Å². The highest BCUT2D eigenvalue weighted by molar-refractivity contribution is 9.12. The zero-order valence-electron chi connectivity index (χ0n) is 10.9. The molecule has 0 bridgehead atoms. The van der Waals surface area contributed by atoms with Crippen molar-refractivity contribution in [2.24, 2.45) is 0 Å². The second-order valence-corrected chi connectivity index (χ2v) is 7.59. The van der Waals surface area contributed by atoms with Crippen LogP contribution in [0.1, 0.15) is 5.56 Å². The van der Waals surface area contributed by atoms with Gasteiger partial charge in [-0.3, -0.25) is 0 Å². The van der Waals surface area contributed by atoms with Gasteiger partial charge >= 0.3 is 0 Å². The lowest BCUT2D eigenvalue weighted by Gasteiger charge is -2.13. The van der Waals surface area contributed by atoms with Crippen molar-refractivity contribution in [2.75, 3.05) is 0 Å². The van der Waals surface area contributed by atoms with Crippen LogP contribution in [0.3, 0.4) is 0 Å². The van der Waals surface area contributed by atoms with Gasteiger partial charge in [-0.1, -0.05) is 60.8 Å². The first-order valence-corrected chi connectivity index (χ1v) is 8.74. The van der Waals surface area contributed by atoms with E-state index in [2.05, 4.69) is 51.1 Å². The number of allylic oxidation sites excluding steroid dienone is 4. The molecule has 0 heterocycles. The van der Waals surface area contributed by atoms with E-state index in [1.807, 2.05) is 0 Å². The lowest BCUT2D eigenvalue weighted by Crippen LogP contribution is -2.12. The van der Waals surface area contributed by atoms with Crippen LogP contribution < -0.4 is 0 Å². The predicted molar refractivity (Wildman–Crippen MR) is 110 cm³/mol. The lowest BCUT2D eigenvalue weighted by atomic mass is 9.96. The zero-order chi connectivity index (χ0) is 17.0. The average Bonchev–Trinajstić information content (AvgIpc) is 2.41. The molecule has 0 amide bonds. The third-order valence-corrected chi connectivity index (χ3v) is 5.12. The summed E-state index contributed by atoms with van der Waals surface area (Å²) >= 11 is 29.1. The standard InChI is InChI=1S/C15H7Br2Cl2NS2/c1-7(16)14(21)13(15(22)8(2)17)12(6-20)9-3-10(18)5-11(19)4-9/h3-5H,1-2H2. The molecule has 0 atom stereocenters. The topological polar surface area (TPSA) is 23.8 Å². The Morgan fingerprint density at radius 3 is 1.73 bits per heavy atom. The summed E-state index contributed by atoms with van der Waals surface area (Å²) in [7, 11) is 0. The summed E-state index contributed by atoms with van der Waals surface area (Å²) in [4.78, 5) is 0.636. The van der Waals surface area contributed by atoms with Crippen LogP contribution in [-0.2, 0) is 0 Å². The van der Waals surface area contributed by atoms with Crippen LogP contribution in [0.15, 0.2) is 45.9 Å². The van der Waals surface area contributed by atoms with Crippen LogP contribution in [0.4, 0.5) is 0 Å². The summed E-state index contributed by atoms with van der Waals surface area (Å²) in [6.45, 7) is 7.48. The van der Waals surface area contributed by atoms with Crippen LogP contribution in [-0.4, -0.2) is 9.73 Å². The maximum Gasteiger partial charge on any atom is 0.100 e. The molecule has 0 saturated carbocycles. The van der Waals surface area contributed by atoms with Crippen molar-refractivity contribution in [2.45, 2.75) is 0 Å². The minimum absolute atomic E-state index is 0.251. The first-order valence-electron chi connectivity index (χ1n) is 5.58. The Balaban J connectivity index is 3.76. The first-order chi connectivity index (χ1) is 10.2. The fraction of sp³-hybridized carbons (Fsp3) is 0. The number of hydrogen-bond donors (Lipinski definition) is 0. The van der Waals surface area contributed by atoms with Gasteiger partial charge < -0.3 is 0 Å². The van der Waals surface area contributed by atoms with Crippen molar-refractivity contribution < 1.29 is 0 Å². The van der Waals surface area contributed by atoms with E-state index in [1.165, 1.54) is 0 Å². The summed E-state index contributed by atoms with van der Waals surface area (Å²) in [5.74, 6) is 0. The molecule has 112 valence electrons. The summed E-state index contributed by atoms with van der Waals surface area (Å²) in [6.07, 6.45) is 0. The number of nitrogens with zero attached hydrogens (tertiary/aromatic N) is 1. The maximum atomic E-state index is 9.59. The molecule has 0 aliphatic rings. The molecule has 1 aromatic rings. The zero-order valence-corrected chi connectivity index (χ0v) is 17.2. The average molecular weight is 496 g/mol. The molecule has 0 radical (unpaired) electrons. The molecule has 1 rings (SSSR count). The molecule has 0 spiro atoms. The van der Waals surface area contributed by atoms with Crippen molar-refractivity contribution in [3.05, 3.63) is 61.5 Å². The Labute approximate surface area is 166 Å². The van der Waals surface area contributed by atoms with Crippen LogP contribution in [0, 0.1) is 11.3 Å². The van der Waals surface area contributed by atoms with E-state index in [0.717, 1.165) is 0 Å². The summed E-state index contributed by atoms with van der Waals surface area (Å²) in [5.41, 5.74) is 1.14. The summed E-state index contributed by atoms with van der Waals surface area (Å²) < 4.78 is 0.879. The minimum Gasteiger partial charge on any atom is -0.192 e. The number of halogens is 4. The van der Waals surface area contributed by atoms with E-state index in [1.54, 1.807) is 18.2 Å². The molecule has 0 aliphatic heterocycles. The Morgan fingerprint density at radius 2 is 1.41 bits per heavy atom. The second-order valence-electron chi connectivity index (χ2n) is 3.99. The quantitative estimate of drug-likeness (QED) is 0.254. The Bertz CT molecular complexity index is 728. The van der Waals surface area contributed by atoms with Gasteiger partial charge in [-0.2, -0.15) is 5.26 Å². The fourth-order valence-corrected chi connectivity index (χ4v) is 2.96. The van der Waals surface area contributed by atoms with E-state index in [0.29, 0.717) is 39.9 Å². The van der Waals surface area contributed by atoms with E-state index >= 15 is 0 Å². The minimum atomic E-state index is 0.251. The number of benzene rings is 1. The van der Waals surface area contributed by atoms with Crippen molar-refractivity contribution >= 4 is 94.8 Å². The summed E-state index contributed by atoms with van der Waals surface area (Å²) in [6, 6.07) is 6.91. The first kappa shape index (κ1) is 19.7. The van der Waals surface area contributed by atoms with Gasteiger partial charge in [0.1, 0.15) is 6.07 Å². The number of hydrogen-bond acceptors (Lipinski definition) is 3. The molecular weight excluding hydrogens is 489 g/mol. The SMILES string of the molecule is C=C(Br)C(=S)C(C(=S)C(=C)Br)=C(C#N)c1cc(Cl)cc(Cl)c1. The molecule has 0 N–H and O–H groups in total. The number of nitriles is 1. The monoisotopic (exact) mass is 493 g/mol. The van der Waals surface area contributed by atoms with Crippen LogP contribution >= 0.6 is 79.5 Å². The van der Waals surface area contributed by atoms with Gasteiger partial charge in [0.2, 0.25) is 0 Å². The third-order valence-electron chi connectivity index (χ3n) is 2.46. The predicted octanol–water partition coefficient (Wildman–Crippen LogP) is 6.83. The van der Waals surface area contributed by atoms with E-state index in [9.17, 15) is 5.26 Å². The van der Waals surface area contributed by atoms with Gasteiger partial charge in [0, 0.05) is 24.6 Å². The largest absolute Gasteiger partial charge is 0.192 e. The smallest absolute Gasteiger partial charge is 0.100 e. The Morgan fingerprint density at radius 1 is 1.00 bits per heavy atom. The van der Waals surface area contributed by atoms with Crippen molar-refractivity contribution in [3.8, 4) is 6.07 Å². The molecule has 0 unspecified atom stereocenters. The van der Waals surface area contributed by atoms with Gasteiger partial charge in [-0.25, -0.2) is 0 Å². The highest BCUT2D eigenvalue weighted by Gasteiger charge is 2.21. The van der Waals surface area contributed by atoms with Gasteiger partial charge in [0.15, 0.2) is 0 Å². The molecular formula is C15H7Br2Cl2NS2. The highest BCUT2D eigenvalue weighted by Crippen LogP contribution is 2.31. The molecule has 0 aliphatic carbocycles. The highest BCUT2D eigenvalue weighted by atomic mass is 79.9. The van der Waals surface area contributed by atoms with Crippen LogP contribution in [0.2, 0.25) is 10.0 Å².